The summed E-state index contributed by atoms with van der Waals surface area (Å²) in [5.41, 5.74) is 0.842. The van der Waals surface area contributed by atoms with E-state index in [1.165, 1.54) is 0 Å². The molecule has 0 aromatic rings. The number of aliphatic hydroxyl groups excluding tert-OH is 2. The van der Waals surface area contributed by atoms with Gasteiger partial charge in [-0.05, 0) is 50.4 Å². The van der Waals surface area contributed by atoms with Gasteiger partial charge in [0.2, 0.25) is 0 Å². The number of ketones is 2. The van der Waals surface area contributed by atoms with Gasteiger partial charge in [0.15, 0.2) is 11.6 Å². The summed E-state index contributed by atoms with van der Waals surface area (Å²) >= 11 is 0. The molecule has 0 aromatic heterocycles. The molecule has 0 saturated heterocycles. The van der Waals surface area contributed by atoms with Crippen LogP contribution in [0.2, 0.25) is 0 Å². The molecule has 2 aliphatic rings. The largest absolute Gasteiger partial charge is 0.511 e. The molecule has 0 saturated carbocycles. The van der Waals surface area contributed by atoms with E-state index in [1.54, 1.807) is 13.8 Å². The fourth-order valence-corrected chi connectivity index (χ4v) is 4.53. The number of nitrogens with zero attached hydrogens (tertiary/aromatic N) is 2. The van der Waals surface area contributed by atoms with Gasteiger partial charge < -0.3 is 19.9 Å². The Balaban J connectivity index is 2.14. The fraction of sp³-hybridized carbons (Fsp3) is 0.692. The number of hydrogen-bond donors (Lipinski definition) is 2. The highest BCUT2D eigenvalue weighted by atomic mass is 16.6. The molecule has 34 heavy (non-hydrogen) atoms. The maximum Gasteiger partial charge on any atom is 0.168 e. The van der Waals surface area contributed by atoms with Gasteiger partial charge in [-0.2, -0.15) is 0 Å². The van der Waals surface area contributed by atoms with Crippen LogP contribution in [-0.2, 0) is 19.3 Å². The van der Waals surface area contributed by atoms with Crippen molar-refractivity contribution in [3.8, 4) is 0 Å². The molecule has 0 bridgehead atoms. The lowest BCUT2D eigenvalue weighted by Gasteiger charge is -2.30. The standard InChI is InChI=1S/C26H40N2O6/c1-7-33-27-17(23-19(29)13-25(3,4)14-20(23)30)11-9-10-12-18(28-34-8-2)24-21(31)15-26(5,6)16-22(24)32/h29,31H,7-16H2,1-6H3/b27-17+,28-18+. The molecule has 0 aromatic carbocycles. The summed E-state index contributed by atoms with van der Waals surface area (Å²) < 4.78 is 0. The number of carbonyl (C=O) groups excluding carboxylic acids is 2. The van der Waals surface area contributed by atoms with E-state index in [0.717, 1.165) is 0 Å². The van der Waals surface area contributed by atoms with Crippen LogP contribution in [0.4, 0.5) is 0 Å². The average molecular weight is 477 g/mol. The molecule has 0 radical (unpaired) electrons. The molecule has 0 fully saturated rings. The molecule has 0 amide bonds. The van der Waals surface area contributed by atoms with E-state index in [0.29, 0.717) is 76.0 Å². The zero-order valence-electron chi connectivity index (χ0n) is 21.5. The van der Waals surface area contributed by atoms with Crippen LogP contribution < -0.4 is 0 Å². The SMILES string of the molecule is CCO/N=C(\CCCC/C(=N\OCC)C1=C(O)CC(C)(C)CC1=O)C1=C(O)CC(C)(C)CC1=O. The van der Waals surface area contributed by atoms with Crippen molar-refractivity contribution < 1.29 is 29.5 Å². The number of unbranched alkanes of at least 4 members (excludes halogenated alkanes) is 1. The molecular weight excluding hydrogens is 436 g/mol. The molecule has 0 heterocycles. The van der Waals surface area contributed by atoms with Crippen LogP contribution in [-0.4, -0.2) is 46.4 Å². The first-order valence-electron chi connectivity index (χ1n) is 12.2. The van der Waals surface area contributed by atoms with E-state index >= 15 is 0 Å². The summed E-state index contributed by atoms with van der Waals surface area (Å²) in [7, 11) is 0. The highest BCUT2D eigenvalue weighted by Crippen LogP contribution is 2.38. The lowest BCUT2D eigenvalue weighted by atomic mass is 9.75. The van der Waals surface area contributed by atoms with Gasteiger partial charge in [0, 0.05) is 25.7 Å². The normalized spacial score (nSPS) is 21.2. The number of allylic oxidation sites excluding steroid dienone is 4. The number of hydrogen-bond acceptors (Lipinski definition) is 8. The van der Waals surface area contributed by atoms with Crippen LogP contribution in [0.3, 0.4) is 0 Å². The van der Waals surface area contributed by atoms with Crippen molar-refractivity contribution in [3.63, 3.8) is 0 Å². The lowest BCUT2D eigenvalue weighted by Crippen LogP contribution is -2.30. The molecule has 0 atom stereocenters. The molecule has 0 aliphatic heterocycles. The predicted octanol–water partition coefficient (Wildman–Crippen LogP) is 5.73. The first-order valence-corrected chi connectivity index (χ1v) is 12.2. The van der Waals surface area contributed by atoms with E-state index in [4.69, 9.17) is 9.68 Å². The van der Waals surface area contributed by atoms with Crippen LogP contribution in [0.5, 0.6) is 0 Å². The minimum Gasteiger partial charge on any atom is -0.511 e. The average Bonchev–Trinajstić information content (AvgIpc) is 2.69. The molecule has 2 aliphatic carbocycles. The highest BCUT2D eigenvalue weighted by Gasteiger charge is 2.36. The molecule has 8 nitrogen and oxygen atoms in total. The minimum absolute atomic E-state index is 0.0591. The third-order valence-electron chi connectivity index (χ3n) is 5.97. The molecule has 190 valence electrons. The fourth-order valence-electron chi connectivity index (χ4n) is 4.53. The van der Waals surface area contributed by atoms with E-state index < -0.39 is 0 Å². The Morgan fingerprint density at radius 3 is 1.38 bits per heavy atom. The van der Waals surface area contributed by atoms with Crippen molar-refractivity contribution in [2.45, 2.75) is 92.9 Å². The first-order chi connectivity index (χ1) is 15.9. The van der Waals surface area contributed by atoms with Crippen molar-refractivity contribution in [2.75, 3.05) is 13.2 Å². The second kappa shape index (κ2) is 11.7. The Kier molecular flexibility index (Phi) is 9.47. The molecular formula is C26H40N2O6. The predicted molar refractivity (Wildman–Crippen MR) is 132 cm³/mol. The zero-order chi connectivity index (χ0) is 25.5. The van der Waals surface area contributed by atoms with Crippen LogP contribution in [0.15, 0.2) is 33.0 Å². The lowest BCUT2D eigenvalue weighted by molar-refractivity contribution is -0.118. The third-order valence-corrected chi connectivity index (χ3v) is 5.97. The van der Waals surface area contributed by atoms with E-state index in [9.17, 15) is 19.8 Å². The topological polar surface area (TPSA) is 118 Å². The number of rotatable bonds is 11. The Bertz CT molecular complexity index is 834. The maximum atomic E-state index is 12.8. The number of aliphatic hydroxyl groups is 2. The quantitative estimate of drug-likeness (QED) is 0.223. The van der Waals surface area contributed by atoms with Gasteiger partial charge >= 0.3 is 0 Å². The second-order valence-corrected chi connectivity index (χ2v) is 10.6. The summed E-state index contributed by atoms with van der Waals surface area (Å²) in [5, 5.41) is 29.4. The highest BCUT2D eigenvalue weighted by molar-refractivity contribution is 6.24. The van der Waals surface area contributed by atoms with E-state index in [1.807, 2.05) is 27.7 Å². The van der Waals surface area contributed by atoms with Crippen molar-refractivity contribution in [1.29, 1.82) is 0 Å². The summed E-state index contributed by atoms with van der Waals surface area (Å²) in [5.74, 6) is -0.139. The van der Waals surface area contributed by atoms with Gasteiger partial charge in [-0.25, -0.2) is 0 Å². The maximum absolute atomic E-state index is 12.8. The van der Waals surface area contributed by atoms with E-state index in [-0.39, 0.29) is 45.1 Å². The van der Waals surface area contributed by atoms with Crippen molar-refractivity contribution >= 4 is 23.0 Å². The molecule has 2 rings (SSSR count). The summed E-state index contributed by atoms with van der Waals surface area (Å²) in [4.78, 5) is 36.0. The zero-order valence-corrected chi connectivity index (χ0v) is 21.5. The van der Waals surface area contributed by atoms with Gasteiger partial charge in [-0.1, -0.05) is 38.0 Å². The Hall–Kier alpha value is -2.64. The Labute approximate surface area is 202 Å². The van der Waals surface area contributed by atoms with E-state index in [2.05, 4.69) is 10.3 Å². The monoisotopic (exact) mass is 476 g/mol. The minimum atomic E-state index is -0.289. The van der Waals surface area contributed by atoms with Gasteiger partial charge in [0.25, 0.3) is 0 Å². The van der Waals surface area contributed by atoms with Crippen LogP contribution >= 0.6 is 0 Å². The van der Waals surface area contributed by atoms with Crippen molar-refractivity contribution in [3.05, 3.63) is 22.7 Å². The van der Waals surface area contributed by atoms with Crippen LogP contribution in [0.25, 0.3) is 0 Å². The van der Waals surface area contributed by atoms with Crippen LogP contribution in [0.1, 0.15) is 92.9 Å². The van der Waals surface area contributed by atoms with Gasteiger partial charge in [-0.3, -0.25) is 9.59 Å². The molecule has 0 spiro atoms. The van der Waals surface area contributed by atoms with Gasteiger partial charge in [0.1, 0.15) is 24.7 Å². The summed E-state index contributed by atoms with van der Waals surface area (Å²) in [6, 6.07) is 0. The number of Topliss-reactive ketones (excluding diaryl/α,β-unsaturated/α-hetero) is 2. The van der Waals surface area contributed by atoms with Crippen molar-refractivity contribution in [1.82, 2.24) is 0 Å². The number of oxime groups is 2. The molecule has 8 heteroatoms. The Morgan fingerprint density at radius 2 is 1.09 bits per heavy atom. The van der Waals surface area contributed by atoms with Gasteiger partial charge in [-0.15, -0.1) is 0 Å². The second-order valence-electron chi connectivity index (χ2n) is 10.6. The molecule has 2 N–H and O–H groups in total. The van der Waals surface area contributed by atoms with Crippen molar-refractivity contribution in [2.24, 2.45) is 21.1 Å². The third kappa shape index (κ3) is 7.43. The summed E-state index contributed by atoms with van der Waals surface area (Å²) in [6.45, 7) is 12.1. The van der Waals surface area contributed by atoms with Crippen LogP contribution in [0, 0.1) is 10.8 Å². The van der Waals surface area contributed by atoms with Gasteiger partial charge in [0.05, 0.1) is 22.6 Å². The summed E-state index contributed by atoms with van der Waals surface area (Å²) in [6.07, 6.45) is 3.62. The first kappa shape index (κ1) is 27.6. The number of carbonyl (C=O) groups is 2. The molecule has 0 unspecified atom stereocenters. The smallest absolute Gasteiger partial charge is 0.168 e. The Morgan fingerprint density at radius 1 is 0.735 bits per heavy atom.